The summed E-state index contributed by atoms with van der Waals surface area (Å²) in [7, 11) is 0. The van der Waals surface area contributed by atoms with E-state index < -0.39 is 11.7 Å². The molecular formula is C18H22F3N5O. The van der Waals surface area contributed by atoms with Gasteiger partial charge in [-0.05, 0) is 31.6 Å². The van der Waals surface area contributed by atoms with Crippen molar-refractivity contribution in [3.8, 4) is 0 Å². The number of hydrogen-bond donors (Lipinski definition) is 3. The number of alkyl halides is 3. The number of nitrogens with zero attached hydrogens (tertiary/aromatic N) is 2. The topological polar surface area (TPSA) is 87.0 Å². The summed E-state index contributed by atoms with van der Waals surface area (Å²) in [6, 6.07) is -0.185. The van der Waals surface area contributed by atoms with Gasteiger partial charge in [-0.2, -0.15) is 13.2 Å². The second-order valence-electron chi connectivity index (χ2n) is 7.49. The first kappa shape index (κ1) is 18.1. The number of carbonyl (C=O) groups excluding carboxylic acids is 1. The Balaban J connectivity index is 1.79. The number of pyridine rings is 1. The fraction of sp³-hybridized carbons (Fsp3) is 0.556. The van der Waals surface area contributed by atoms with Gasteiger partial charge in [-0.1, -0.05) is 0 Å². The minimum absolute atomic E-state index is 0.0469. The van der Waals surface area contributed by atoms with Crippen molar-refractivity contribution >= 4 is 28.3 Å². The van der Waals surface area contributed by atoms with Gasteiger partial charge in [0.15, 0.2) is 0 Å². The third-order valence-corrected chi connectivity index (χ3v) is 5.20. The van der Waals surface area contributed by atoms with E-state index in [0.717, 1.165) is 31.9 Å². The number of amides is 1. The molecule has 27 heavy (non-hydrogen) atoms. The average Bonchev–Trinajstić information content (AvgIpc) is 3.32. The first-order valence-corrected chi connectivity index (χ1v) is 9.20. The number of carbonyl (C=O) groups is 1. The molecule has 1 aliphatic carbocycles. The van der Waals surface area contributed by atoms with Crippen molar-refractivity contribution in [1.29, 1.82) is 0 Å². The van der Waals surface area contributed by atoms with Gasteiger partial charge >= 0.3 is 6.18 Å². The summed E-state index contributed by atoms with van der Waals surface area (Å²) in [5, 5.41) is 3.06. The Labute approximate surface area is 154 Å². The largest absolute Gasteiger partial charge is 0.419 e. The van der Waals surface area contributed by atoms with Crippen LogP contribution in [0.25, 0.3) is 11.0 Å². The zero-order valence-corrected chi connectivity index (χ0v) is 14.8. The number of anilines is 2. The zero-order valence-electron chi connectivity index (χ0n) is 14.8. The Kier molecular flexibility index (Phi) is 4.49. The van der Waals surface area contributed by atoms with Crippen LogP contribution in [0.2, 0.25) is 0 Å². The van der Waals surface area contributed by atoms with Crippen LogP contribution in [0.3, 0.4) is 0 Å². The molecule has 3 heterocycles. The van der Waals surface area contributed by atoms with Gasteiger partial charge in [-0.3, -0.25) is 4.79 Å². The number of nitrogens with one attached hydrogen (secondary N) is 2. The number of piperidine rings is 1. The molecule has 146 valence electrons. The molecule has 4 rings (SSSR count). The van der Waals surface area contributed by atoms with E-state index in [0.29, 0.717) is 42.1 Å². The molecule has 4 N–H and O–H groups in total. The monoisotopic (exact) mass is 381 g/mol. The van der Waals surface area contributed by atoms with Crippen molar-refractivity contribution in [2.24, 2.45) is 11.7 Å². The summed E-state index contributed by atoms with van der Waals surface area (Å²) < 4.78 is 41.1. The third kappa shape index (κ3) is 3.73. The van der Waals surface area contributed by atoms with E-state index in [-0.39, 0.29) is 17.6 Å². The Hall–Kier alpha value is -2.29. The SMILES string of the molecule is NC1CCCN(c2c(C(F)(F)F)cnc3[nH]cc(NC(=O)CC4CC4)c23)C1. The van der Waals surface area contributed by atoms with Crippen LogP contribution in [-0.4, -0.2) is 35.0 Å². The number of fused-ring (bicyclic) bond motifs is 1. The first-order valence-electron chi connectivity index (χ1n) is 9.20. The highest BCUT2D eigenvalue weighted by molar-refractivity contribution is 6.07. The summed E-state index contributed by atoms with van der Waals surface area (Å²) in [6.07, 6.45) is 1.75. The number of aromatic amines is 1. The highest BCUT2D eigenvalue weighted by Crippen LogP contribution is 2.43. The molecule has 2 aromatic rings. The molecule has 0 spiro atoms. The lowest BCUT2D eigenvalue weighted by Crippen LogP contribution is -2.43. The molecule has 9 heteroatoms. The van der Waals surface area contributed by atoms with E-state index >= 15 is 0 Å². The molecule has 1 unspecified atom stereocenters. The van der Waals surface area contributed by atoms with Gasteiger partial charge in [0.05, 0.1) is 22.3 Å². The van der Waals surface area contributed by atoms with Crippen molar-refractivity contribution in [3.63, 3.8) is 0 Å². The van der Waals surface area contributed by atoms with Crippen LogP contribution in [0.1, 0.15) is 37.7 Å². The number of nitrogens with two attached hydrogens (primary N) is 1. The lowest BCUT2D eigenvalue weighted by atomic mass is 10.0. The van der Waals surface area contributed by atoms with E-state index in [1.807, 2.05) is 0 Å². The predicted octanol–water partition coefficient (Wildman–Crippen LogP) is 3.25. The van der Waals surface area contributed by atoms with Gasteiger partial charge in [0.2, 0.25) is 5.91 Å². The third-order valence-electron chi connectivity index (χ3n) is 5.20. The molecule has 0 radical (unpaired) electrons. The van der Waals surface area contributed by atoms with Gasteiger partial charge in [-0.25, -0.2) is 4.98 Å². The van der Waals surface area contributed by atoms with Gasteiger partial charge in [0.25, 0.3) is 0 Å². The lowest BCUT2D eigenvalue weighted by Gasteiger charge is -2.34. The summed E-state index contributed by atoms with van der Waals surface area (Å²) in [5.41, 5.74) is 5.90. The number of hydrogen-bond acceptors (Lipinski definition) is 4. The highest BCUT2D eigenvalue weighted by Gasteiger charge is 2.38. The second kappa shape index (κ2) is 6.70. The summed E-state index contributed by atoms with van der Waals surface area (Å²) >= 11 is 0. The summed E-state index contributed by atoms with van der Waals surface area (Å²) in [6.45, 7) is 0.819. The van der Waals surface area contributed by atoms with Crippen LogP contribution < -0.4 is 16.0 Å². The molecule has 6 nitrogen and oxygen atoms in total. The fourth-order valence-corrected chi connectivity index (χ4v) is 3.71. The van der Waals surface area contributed by atoms with E-state index in [9.17, 15) is 18.0 Å². The average molecular weight is 381 g/mol. The molecule has 1 aliphatic heterocycles. The maximum absolute atomic E-state index is 13.7. The molecule has 1 atom stereocenters. The molecule has 1 saturated carbocycles. The Bertz CT molecular complexity index is 859. The Morgan fingerprint density at radius 1 is 1.37 bits per heavy atom. The molecule has 0 aromatic carbocycles. The van der Waals surface area contributed by atoms with Gasteiger partial charge in [-0.15, -0.1) is 0 Å². The van der Waals surface area contributed by atoms with Crippen molar-refractivity contribution < 1.29 is 18.0 Å². The molecule has 2 aromatic heterocycles. The number of halogens is 3. The van der Waals surface area contributed by atoms with Crippen molar-refractivity contribution in [3.05, 3.63) is 18.0 Å². The normalized spacial score (nSPS) is 20.9. The lowest BCUT2D eigenvalue weighted by molar-refractivity contribution is -0.137. The Morgan fingerprint density at radius 2 is 2.15 bits per heavy atom. The highest BCUT2D eigenvalue weighted by atomic mass is 19.4. The van der Waals surface area contributed by atoms with E-state index in [2.05, 4.69) is 15.3 Å². The molecular weight excluding hydrogens is 359 g/mol. The first-order chi connectivity index (χ1) is 12.8. The van der Waals surface area contributed by atoms with Crippen LogP contribution in [0, 0.1) is 5.92 Å². The van der Waals surface area contributed by atoms with E-state index in [1.54, 1.807) is 4.90 Å². The molecule has 2 aliphatic rings. The van der Waals surface area contributed by atoms with Crippen LogP contribution in [0.5, 0.6) is 0 Å². The molecule has 1 amide bonds. The predicted molar refractivity (Wildman–Crippen MR) is 96.5 cm³/mol. The summed E-state index contributed by atoms with van der Waals surface area (Å²) in [4.78, 5) is 20.7. The van der Waals surface area contributed by atoms with Crippen molar-refractivity contribution in [2.45, 2.75) is 44.3 Å². The van der Waals surface area contributed by atoms with Crippen molar-refractivity contribution in [1.82, 2.24) is 9.97 Å². The molecule has 1 saturated heterocycles. The number of aromatic nitrogens is 2. The molecule has 2 fully saturated rings. The Morgan fingerprint density at radius 3 is 2.81 bits per heavy atom. The van der Waals surface area contributed by atoms with Gasteiger partial charge < -0.3 is 20.9 Å². The van der Waals surface area contributed by atoms with Crippen LogP contribution in [-0.2, 0) is 11.0 Å². The maximum Gasteiger partial charge on any atom is 0.419 e. The summed E-state index contributed by atoms with van der Waals surface area (Å²) in [5.74, 6) is 0.204. The van der Waals surface area contributed by atoms with Crippen molar-refractivity contribution in [2.75, 3.05) is 23.3 Å². The number of rotatable bonds is 4. The zero-order chi connectivity index (χ0) is 19.2. The van der Waals surface area contributed by atoms with Crippen LogP contribution in [0.4, 0.5) is 24.5 Å². The van der Waals surface area contributed by atoms with Crippen LogP contribution >= 0.6 is 0 Å². The number of H-pyrrole nitrogens is 1. The minimum atomic E-state index is -4.55. The van der Waals surface area contributed by atoms with Crippen LogP contribution in [0.15, 0.2) is 12.4 Å². The smallest absolute Gasteiger partial charge is 0.369 e. The van der Waals surface area contributed by atoms with Gasteiger partial charge in [0.1, 0.15) is 5.65 Å². The quantitative estimate of drug-likeness (QED) is 0.759. The second-order valence-corrected chi connectivity index (χ2v) is 7.49. The maximum atomic E-state index is 13.7. The fourth-order valence-electron chi connectivity index (χ4n) is 3.71. The van der Waals surface area contributed by atoms with Gasteiger partial charge in [0, 0.05) is 37.9 Å². The standard InChI is InChI=1S/C18H22F3N5O/c19-18(20,21)12-7-23-17-15(16(12)26-5-1-2-11(22)9-26)13(8-24-17)25-14(27)6-10-3-4-10/h7-8,10-11H,1-6,9,22H2,(H,23,24)(H,25,27). The minimum Gasteiger partial charge on any atom is -0.369 e. The molecule has 0 bridgehead atoms. The van der Waals surface area contributed by atoms with E-state index in [1.165, 1.54) is 6.20 Å². The van der Waals surface area contributed by atoms with E-state index in [4.69, 9.17) is 5.73 Å².